The lowest BCUT2D eigenvalue weighted by molar-refractivity contribution is -0.118. The number of pyridine rings is 1. The number of amides is 1. The molecule has 0 atom stereocenters. The maximum atomic E-state index is 12.3. The van der Waals surface area contributed by atoms with Gasteiger partial charge in [-0.1, -0.05) is 27.7 Å². The molecule has 5 heteroatoms. The molecule has 1 N–H and O–H groups in total. The van der Waals surface area contributed by atoms with Gasteiger partial charge in [-0.25, -0.2) is 4.98 Å². The summed E-state index contributed by atoms with van der Waals surface area (Å²) < 4.78 is 10.3. The number of aromatic nitrogens is 1. The van der Waals surface area contributed by atoms with E-state index in [2.05, 4.69) is 38.0 Å². The van der Waals surface area contributed by atoms with Crippen LogP contribution < -0.4 is 10.1 Å². The standard InChI is InChI=1S/C16H24N2O3/c1-15(2)13(16(15,3)4)14(19)18-12-7-6-11(10-17-12)21-9-8-20-5/h6-7,10,13H,8-9H2,1-5H3,(H,17,18,19). The SMILES string of the molecule is COCCOc1ccc(NC(=O)C2C(C)(C)C2(C)C)nc1. The van der Waals surface area contributed by atoms with E-state index in [1.54, 1.807) is 25.4 Å². The third-order valence-electron chi connectivity index (χ3n) is 4.83. The van der Waals surface area contributed by atoms with Crippen LogP contribution in [-0.2, 0) is 9.53 Å². The lowest BCUT2D eigenvalue weighted by Crippen LogP contribution is -2.18. The fourth-order valence-corrected chi connectivity index (χ4v) is 2.83. The lowest BCUT2D eigenvalue weighted by atomic mass is 10.0. The molecule has 1 fully saturated rings. The summed E-state index contributed by atoms with van der Waals surface area (Å²) in [6, 6.07) is 3.55. The summed E-state index contributed by atoms with van der Waals surface area (Å²) in [5, 5.41) is 2.88. The molecule has 0 aliphatic heterocycles. The van der Waals surface area contributed by atoms with Crippen molar-refractivity contribution in [3.05, 3.63) is 18.3 Å². The predicted molar refractivity (Wildman–Crippen MR) is 81.3 cm³/mol. The number of rotatable bonds is 6. The predicted octanol–water partition coefficient (Wildman–Crippen LogP) is 2.73. The topological polar surface area (TPSA) is 60.5 Å². The minimum Gasteiger partial charge on any atom is -0.490 e. The molecule has 1 aromatic heterocycles. The highest BCUT2D eigenvalue weighted by molar-refractivity contribution is 5.95. The molecule has 1 amide bonds. The van der Waals surface area contributed by atoms with E-state index in [9.17, 15) is 4.79 Å². The highest BCUT2D eigenvalue weighted by atomic mass is 16.5. The van der Waals surface area contributed by atoms with Crippen LogP contribution in [-0.4, -0.2) is 31.2 Å². The molecule has 0 radical (unpaired) electrons. The Morgan fingerprint density at radius 2 is 1.90 bits per heavy atom. The number of methoxy groups -OCH3 is 1. The van der Waals surface area contributed by atoms with Crippen LogP contribution in [0.5, 0.6) is 5.75 Å². The first-order valence-electron chi connectivity index (χ1n) is 7.19. The zero-order valence-electron chi connectivity index (χ0n) is 13.4. The third-order valence-corrected chi connectivity index (χ3v) is 4.83. The van der Waals surface area contributed by atoms with Gasteiger partial charge in [0.15, 0.2) is 0 Å². The van der Waals surface area contributed by atoms with Crippen molar-refractivity contribution in [2.45, 2.75) is 27.7 Å². The van der Waals surface area contributed by atoms with Crippen LogP contribution >= 0.6 is 0 Å². The average Bonchev–Trinajstić information content (AvgIpc) is 2.82. The number of nitrogens with zero attached hydrogens (tertiary/aromatic N) is 1. The third kappa shape index (κ3) is 3.02. The zero-order valence-corrected chi connectivity index (χ0v) is 13.4. The van der Waals surface area contributed by atoms with E-state index in [4.69, 9.17) is 9.47 Å². The summed E-state index contributed by atoms with van der Waals surface area (Å²) in [7, 11) is 1.63. The van der Waals surface area contributed by atoms with Crippen molar-refractivity contribution in [1.29, 1.82) is 0 Å². The van der Waals surface area contributed by atoms with Gasteiger partial charge in [-0.05, 0) is 23.0 Å². The smallest absolute Gasteiger partial charge is 0.229 e. The Bertz CT molecular complexity index is 495. The van der Waals surface area contributed by atoms with Gasteiger partial charge in [-0.15, -0.1) is 0 Å². The van der Waals surface area contributed by atoms with E-state index in [1.165, 1.54) is 0 Å². The molecule has 0 spiro atoms. The van der Waals surface area contributed by atoms with Gasteiger partial charge in [0.25, 0.3) is 0 Å². The van der Waals surface area contributed by atoms with Crippen LogP contribution in [0.1, 0.15) is 27.7 Å². The number of carbonyl (C=O) groups is 1. The zero-order chi connectivity index (χ0) is 15.7. The van der Waals surface area contributed by atoms with Gasteiger partial charge in [0.2, 0.25) is 5.91 Å². The molecule has 1 aromatic rings. The molecule has 21 heavy (non-hydrogen) atoms. The van der Waals surface area contributed by atoms with Crippen molar-refractivity contribution in [3.8, 4) is 5.75 Å². The Morgan fingerprint density at radius 1 is 1.24 bits per heavy atom. The molecule has 2 rings (SSSR count). The molecule has 5 nitrogen and oxygen atoms in total. The van der Waals surface area contributed by atoms with Gasteiger partial charge in [0.05, 0.1) is 12.8 Å². The second-order valence-electron chi connectivity index (χ2n) is 6.59. The van der Waals surface area contributed by atoms with Gasteiger partial charge in [0.1, 0.15) is 18.2 Å². The molecular formula is C16H24N2O3. The lowest BCUT2D eigenvalue weighted by Gasteiger charge is -2.08. The number of hydrogen-bond donors (Lipinski definition) is 1. The number of hydrogen-bond acceptors (Lipinski definition) is 4. The molecule has 0 unspecified atom stereocenters. The summed E-state index contributed by atoms with van der Waals surface area (Å²) in [5.41, 5.74) is 0.0561. The average molecular weight is 292 g/mol. The normalized spacial score (nSPS) is 19.1. The van der Waals surface area contributed by atoms with Gasteiger partial charge >= 0.3 is 0 Å². The van der Waals surface area contributed by atoms with Gasteiger partial charge in [0, 0.05) is 13.0 Å². The highest BCUT2D eigenvalue weighted by Gasteiger charge is 2.68. The van der Waals surface area contributed by atoms with E-state index in [0.29, 0.717) is 24.8 Å². The Morgan fingerprint density at radius 3 is 2.38 bits per heavy atom. The van der Waals surface area contributed by atoms with E-state index < -0.39 is 0 Å². The Balaban J connectivity index is 1.91. The minimum absolute atomic E-state index is 0.0180. The van der Waals surface area contributed by atoms with E-state index in [1.807, 2.05) is 0 Å². The van der Waals surface area contributed by atoms with E-state index in [0.717, 1.165) is 0 Å². The summed E-state index contributed by atoms with van der Waals surface area (Å²) in [6.07, 6.45) is 1.61. The van der Waals surface area contributed by atoms with Crippen LogP contribution in [0.3, 0.4) is 0 Å². The first-order valence-corrected chi connectivity index (χ1v) is 7.19. The molecule has 1 aliphatic rings. The molecule has 1 aliphatic carbocycles. The van der Waals surface area contributed by atoms with Gasteiger partial charge in [-0.2, -0.15) is 0 Å². The summed E-state index contributed by atoms with van der Waals surface area (Å²) >= 11 is 0. The maximum absolute atomic E-state index is 12.3. The van der Waals surface area contributed by atoms with Crippen LogP contribution in [0.15, 0.2) is 18.3 Å². The maximum Gasteiger partial charge on any atom is 0.229 e. The molecule has 0 saturated heterocycles. The number of carbonyl (C=O) groups excluding carboxylic acids is 1. The van der Waals surface area contributed by atoms with Crippen molar-refractivity contribution in [3.63, 3.8) is 0 Å². The van der Waals surface area contributed by atoms with E-state index in [-0.39, 0.29) is 22.7 Å². The summed E-state index contributed by atoms with van der Waals surface area (Å²) in [6.45, 7) is 9.50. The van der Waals surface area contributed by atoms with Crippen molar-refractivity contribution >= 4 is 11.7 Å². The molecule has 0 bridgehead atoms. The van der Waals surface area contributed by atoms with Crippen molar-refractivity contribution in [2.24, 2.45) is 16.7 Å². The Labute approximate surface area is 126 Å². The van der Waals surface area contributed by atoms with Crippen LogP contribution in [0.25, 0.3) is 0 Å². The minimum atomic E-state index is 0.0180. The number of anilines is 1. The largest absolute Gasteiger partial charge is 0.490 e. The Kier molecular flexibility index (Phi) is 4.23. The molecule has 116 valence electrons. The molecule has 0 aromatic carbocycles. The first-order chi connectivity index (χ1) is 9.80. The molecule has 1 heterocycles. The van der Waals surface area contributed by atoms with Crippen molar-refractivity contribution in [2.75, 3.05) is 25.6 Å². The quantitative estimate of drug-likeness (QED) is 0.819. The monoisotopic (exact) mass is 292 g/mol. The summed E-state index contributed by atoms with van der Waals surface area (Å²) in [5.74, 6) is 1.27. The number of nitrogens with one attached hydrogen (secondary N) is 1. The highest BCUT2D eigenvalue weighted by Crippen LogP contribution is 2.68. The van der Waals surface area contributed by atoms with Crippen LogP contribution in [0.4, 0.5) is 5.82 Å². The fraction of sp³-hybridized carbons (Fsp3) is 0.625. The second-order valence-corrected chi connectivity index (χ2v) is 6.59. The summed E-state index contributed by atoms with van der Waals surface area (Å²) in [4.78, 5) is 16.5. The van der Waals surface area contributed by atoms with Crippen molar-refractivity contribution < 1.29 is 14.3 Å². The van der Waals surface area contributed by atoms with Gasteiger partial charge < -0.3 is 14.8 Å². The molecule has 1 saturated carbocycles. The van der Waals surface area contributed by atoms with E-state index >= 15 is 0 Å². The van der Waals surface area contributed by atoms with Crippen LogP contribution in [0.2, 0.25) is 0 Å². The van der Waals surface area contributed by atoms with Crippen LogP contribution in [0, 0.1) is 16.7 Å². The Hall–Kier alpha value is -1.62. The van der Waals surface area contributed by atoms with Gasteiger partial charge in [-0.3, -0.25) is 4.79 Å². The fourth-order valence-electron chi connectivity index (χ4n) is 2.83. The first kappa shape index (κ1) is 15.8. The number of ether oxygens (including phenoxy) is 2. The molecular weight excluding hydrogens is 268 g/mol. The van der Waals surface area contributed by atoms with Crippen molar-refractivity contribution in [1.82, 2.24) is 4.98 Å². The second kappa shape index (κ2) is 5.64.